The van der Waals surface area contributed by atoms with Crippen LogP contribution in [-0.2, 0) is 19.5 Å². The van der Waals surface area contributed by atoms with Crippen LogP contribution in [0.1, 0.15) is 19.3 Å². The number of methoxy groups -OCH3 is 1. The topological polar surface area (TPSA) is 55.8 Å². The van der Waals surface area contributed by atoms with Crippen molar-refractivity contribution in [2.24, 2.45) is 0 Å². The number of rotatable bonds is 4. The second-order valence-electron chi connectivity index (χ2n) is 5.75. The molecule has 2 fully saturated rings. The van der Waals surface area contributed by atoms with Crippen molar-refractivity contribution in [1.29, 1.82) is 0 Å². The summed E-state index contributed by atoms with van der Waals surface area (Å²) in [5.74, 6) is -0.443. The summed E-state index contributed by atoms with van der Waals surface area (Å²) >= 11 is 0. The van der Waals surface area contributed by atoms with E-state index in [0.29, 0.717) is 19.6 Å². The van der Waals surface area contributed by atoms with Crippen molar-refractivity contribution in [3.05, 3.63) is 30.1 Å². The summed E-state index contributed by atoms with van der Waals surface area (Å²) in [6.07, 6.45) is 2.19. The maximum Gasteiger partial charge on any atom is 0.243 e. The van der Waals surface area contributed by atoms with Gasteiger partial charge in [-0.2, -0.15) is 4.31 Å². The molecule has 2 aliphatic heterocycles. The first kappa shape index (κ1) is 15.9. The fourth-order valence-corrected chi connectivity index (χ4v) is 5.00. The number of benzene rings is 1. The Hall–Kier alpha value is -1.02. The Morgan fingerprint density at radius 3 is 2.68 bits per heavy atom. The molecule has 0 N–H and O–H groups in total. The number of nitrogens with zero attached hydrogens (tertiary/aromatic N) is 1. The molecule has 22 heavy (non-hydrogen) atoms. The van der Waals surface area contributed by atoms with Gasteiger partial charge in [0.05, 0.1) is 29.8 Å². The maximum atomic E-state index is 13.0. The summed E-state index contributed by atoms with van der Waals surface area (Å²) in [4.78, 5) is 0.133. The van der Waals surface area contributed by atoms with Gasteiger partial charge >= 0.3 is 0 Å². The van der Waals surface area contributed by atoms with Crippen LogP contribution in [0.5, 0.6) is 0 Å². The minimum atomic E-state index is -3.60. The summed E-state index contributed by atoms with van der Waals surface area (Å²) in [6, 6.07) is 4.84. The van der Waals surface area contributed by atoms with Crippen molar-refractivity contribution in [2.45, 2.75) is 42.4 Å². The number of sulfonamides is 1. The molecule has 3 atom stereocenters. The summed E-state index contributed by atoms with van der Waals surface area (Å²) in [7, 11) is -1.97. The molecule has 5 nitrogen and oxygen atoms in total. The Bertz CT molecular complexity index is 619. The predicted molar refractivity (Wildman–Crippen MR) is 78.5 cm³/mol. The number of hydrogen-bond donors (Lipinski definition) is 0. The second-order valence-corrected chi connectivity index (χ2v) is 7.65. The highest BCUT2D eigenvalue weighted by molar-refractivity contribution is 7.89. The predicted octanol–water partition coefficient (Wildman–Crippen LogP) is 1.78. The van der Waals surface area contributed by atoms with Gasteiger partial charge in [-0.1, -0.05) is 0 Å². The van der Waals surface area contributed by atoms with Crippen LogP contribution in [0.15, 0.2) is 29.2 Å². The fraction of sp³-hybridized carbons (Fsp3) is 0.600. The van der Waals surface area contributed by atoms with Crippen LogP contribution in [-0.4, -0.2) is 51.2 Å². The lowest BCUT2D eigenvalue weighted by molar-refractivity contribution is -0.0872. The zero-order valence-corrected chi connectivity index (χ0v) is 13.3. The van der Waals surface area contributed by atoms with Crippen molar-refractivity contribution in [3.63, 3.8) is 0 Å². The van der Waals surface area contributed by atoms with Crippen LogP contribution in [0.2, 0.25) is 0 Å². The van der Waals surface area contributed by atoms with Crippen LogP contribution >= 0.6 is 0 Å². The molecule has 3 rings (SSSR count). The normalized spacial score (nSPS) is 29.5. The number of hydrogen-bond acceptors (Lipinski definition) is 4. The molecule has 1 aromatic rings. The van der Waals surface area contributed by atoms with Gasteiger partial charge in [0.1, 0.15) is 5.82 Å². The van der Waals surface area contributed by atoms with Gasteiger partial charge in [0.25, 0.3) is 0 Å². The highest BCUT2D eigenvalue weighted by atomic mass is 32.2. The van der Waals surface area contributed by atoms with E-state index in [9.17, 15) is 12.8 Å². The van der Waals surface area contributed by atoms with Crippen molar-refractivity contribution in [2.75, 3.05) is 20.3 Å². The van der Waals surface area contributed by atoms with E-state index >= 15 is 0 Å². The molecule has 0 amide bonds. The molecule has 0 aromatic heterocycles. The lowest BCUT2D eigenvalue weighted by Crippen LogP contribution is -2.45. The third kappa shape index (κ3) is 2.90. The average molecular weight is 329 g/mol. The quantitative estimate of drug-likeness (QED) is 0.845. The minimum Gasteiger partial charge on any atom is -0.382 e. The molecular formula is C15H20FNO4S. The molecule has 2 aliphatic rings. The van der Waals surface area contributed by atoms with Crippen LogP contribution < -0.4 is 0 Å². The molecule has 0 saturated carbocycles. The van der Waals surface area contributed by atoms with E-state index in [1.165, 1.54) is 28.6 Å². The molecule has 0 unspecified atom stereocenters. The zero-order valence-electron chi connectivity index (χ0n) is 12.4. The first-order valence-corrected chi connectivity index (χ1v) is 8.88. The van der Waals surface area contributed by atoms with Crippen LogP contribution in [0.3, 0.4) is 0 Å². The smallest absolute Gasteiger partial charge is 0.243 e. The minimum absolute atomic E-state index is 0.0414. The number of ether oxygens (including phenoxy) is 2. The summed E-state index contributed by atoms with van der Waals surface area (Å²) in [5, 5.41) is 0. The average Bonchev–Trinajstić information content (AvgIpc) is 2.92. The third-order valence-corrected chi connectivity index (χ3v) is 6.30. The summed E-state index contributed by atoms with van der Waals surface area (Å²) in [5.41, 5.74) is 0. The van der Waals surface area contributed by atoms with Crippen LogP contribution in [0.4, 0.5) is 4.39 Å². The zero-order chi connectivity index (χ0) is 15.7. The van der Waals surface area contributed by atoms with E-state index in [1.807, 2.05) is 0 Å². The molecule has 0 spiro atoms. The van der Waals surface area contributed by atoms with Gasteiger partial charge in [-0.25, -0.2) is 12.8 Å². The van der Waals surface area contributed by atoms with Gasteiger partial charge < -0.3 is 9.47 Å². The molecule has 0 bridgehead atoms. The van der Waals surface area contributed by atoms with E-state index in [4.69, 9.17) is 9.47 Å². The highest BCUT2D eigenvalue weighted by Gasteiger charge is 2.45. The van der Waals surface area contributed by atoms with E-state index in [-0.39, 0.29) is 23.1 Å². The molecule has 0 aliphatic carbocycles. The van der Waals surface area contributed by atoms with Crippen molar-refractivity contribution in [3.8, 4) is 0 Å². The standard InChI is InChI=1S/C15H20FNO4S/c1-20-10-12-4-7-14-15(21-12)8-9-17(14)22(18,19)13-5-2-11(16)3-6-13/h2-3,5-6,12,14-15H,4,7-10H2,1H3/t12-,14+,15+/m0/s1. The van der Waals surface area contributed by atoms with E-state index < -0.39 is 15.8 Å². The largest absolute Gasteiger partial charge is 0.382 e. The Balaban J connectivity index is 1.77. The van der Waals surface area contributed by atoms with Crippen molar-refractivity contribution >= 4 is 10.0 Å². The molecule has 7 heteroatoms. The molecule has 2 heterocycles. The molecular weight excluding hydrogens is 309 g/mol. The maximum absolute atomic E-state index is 13.0. The Morgan fingerprint density at radius 1 is 1.27 bits per heavy atom. The monoisotopic (exact) mass is 329 g/mol. The van der Waals surface area contributed by atoms with E-state index in [1.54, 1.807) is 7.11 Å². The Labute approximate surface area is 130 Å². The van der Waals surface area contributed by atoms with Gasteiger partial charge in [-0.15, -0.1) is 0 Å². The highest BCUT2D eigenvalue weighted by Crippen LogP contribution is 2.35. The van der Waals surface area contributed by atoms with Gasteiger partial charge in [-0.05, 0) is 43.5 Å². The molecule has 2 saturated heterocycles. The van der Waals surface area contributed by atoms with Crippen molar-refractivity contribution in [1.82, 2.24) is 4.31 Å². The number of fused-ring (bicyclic) bond motifs is 1. The van der Waals surface area contributed by atoms with E-state index in [0.717, 1.165) is 12.8 Å². The van der Waals surface area contributed by atoms with Gasteiger partial charge in [0, 0.05) is 13.7 Å². The SMILES string of the molecule is COC[C@@H]1CC[C@@H]2[C@@H](CCN2S(=O)(=O)c2ccc(F)cc2)O1. The van der Waals surface area contributed by atoms with Crippen LogP contribution in [0, 0.1) is 5.82 Å². The Morgan fingerprint density at radius 2 is 2.00 bits per heavy atom. The van der Waals surface area contributed by atoms with Crippen LogP contribution in [0.25, 0.3) is 0 Å². The third-order valence-electron chi connectivity index (χ3n) is 4.36. The van der Waals surface area contributed by atoms with E-state index in [2.05, 4.69) is 0 Å². The molecule has 122 valence electrons. The lowest BCUT2D eigenvalue weighted by atomic mass is 10.0. The first-order valence-electron chi connectivity index (χ1n) is 7.44. The Kier molecular flexibility index (Phi) is 4.49. The second kappa shape index (κ2) is 6.23. The van der Waals surface area contributed by atoms with Gasteiger partial charge in [0.15, 0.2) is 0 Å². The molecule has 1 aromatic carbocycles. The summed E-state index contributed by atoms with van der Waals surface area (Å²) < 4.78 is 51.0. The molecule has 0 radical (unpaired) electrons. The fourth-order valence-electron chi connectivity index (χ4n) is 3.31. The number of halogens is 1. The summed E-state index contributed by atoms with van der Waals surface area (Å²) in [6.45, 7) is 0.975. The van der Waals surface area contributed by atoms with Gasteiger partial charge in [-0.3, -0.25) is 0 Å². The lowest BCUT2D eigenvalue weighted by Gasteiger charge is -2.35. The van der Waals surface area contributed by atoms with Gasteiger partial charge in [0.2, 0.25) is 10.0 Å². The van der Waals surface area contributed by atoms with Crippen molar-refractivity contribution < 1.29 is 22.3 Å². The first-order chi connectivity index (χ1) is 10.5.